The van der Waals surface area contributed by atoms with Crippen molar-refractivity contribution in [2.45, 2.75) is 13.5 Å². The predicted octanol–water partition coefficient (Wildman–Crippen LogP) is 4.19. The van der Waals surface area contributed by atoms with Crippen molar-refractivity contribution >= 4 is 23.4 Å². The molecule has 3 aromatic rings. The number of allylic oxidation sites excluding steroid dienone is 1. The maximum absolute atomic E-state index is 12.7. The van der Waals surface area contributed by atoms with Crippen LogP contribution in [0.1, 0.15) is 32.8 Å². The number of nitrogen functional groups attached to an aromatic ring is 1. The van der Waals surface area contributed by atoms with Crippen molar-refractivity contribution in [2.24, 2.45) is 0 Å². The molecule has 29 heavy (non-hydrogen) atoms. The quantitative estimate of drug-likeness (QED) is 0.416. The molecule has 4 N–H and O–H groups in total. The lowest BCUT2D eigenvalue weighted by Gasteiger charge is -2.15. The molecule has 1 heterocycles. The molecule has 0 saturated carbocycles. The molecule has 0 fully saturated rings. The highest BCUT2D eigenvalue weighted by atomic mass is 16.5. The van der Waals surface area contributed by atoms with Gasteiger partial charge in [-0.25, -0.2) is 0 Å². The summed E-state index contributed by atoms with van der Waals surface area (Å²) < 4.78 is 10.7. The number of nitrogens with one attached hydrogen (secondary N) is 2. The van der Waals surface area contributed by atoms with Crippen molar-refractivity contribution in [2.75, 3.05) is 12.8 Å². The topological polar surface area (TPSA) is 101 Å². The number of carbonyl (C=O) groups excluding carboxylic acids is 1. The van der Waals surface area contributed by atoms with Gasteiger partial charge in [0, 0.05) is 5.69 Å². The lowest BCUT2D eigenvalue weighted by atomic mass is 10.0. The lowest BCUT2D eigenvalue weighted by molar-refractivity contribution is 0.0945. The van der Waals surface area contributed by atoms with Crippen LogP contribution in [0.15, 0.2) is 65.3 Å². The molecule has 0 aliphatic rings. The molecule has 6 heteroatoms. The van der Waals surface area contributed by atoms with Crippen LogP contribution in [-0.4, -0.2) is 18.7 Å². The number of benzene rings is 2. The van der Waals surface area contributed by atoms with Crippen molar-refractivity contribution in [3.05, 3.63) is 88.9 Å². The van der Waals surface area contributed by atoms with Gasteiger partial charge in [0.05, 0.1) is 36.8 Å². The van der Waals surface area contributed by atoms with Gasteiger partial charge in [-0.15, -0.1) is 0 Å². The van der Waals surface area contributed by atoms with Gasteiger partial charge in [-0.3, -0.25) is 4.79 Å². The average Bonchev–Trinajstić information content (AvgIpc) is 3.24. The Hall–Kier alpha value is -3.80. The summed E-state index contributed by atoms with van der Waals surface area (Å²) in [5.41, 5.74) is 9.43. The standard InChI is InChI=1S/C23H23N3O3/c1-15-5-7-16(8-6-15)9-11-19(24)21-20(25)12-10-18(22(21)28-2)23(27)26-14-17-4-3-13-29-17/h3-13,24H,14,25H2,1-2H3,(H,26,27)/b11-9+,24-19?. The molecule has 1 aromatic heterocycles. The first-order valence-electron chi connectivity index (χ1n) is 9.10. The van der Waals surface area contributed by atoms with Crippen LogP contribution in [0.2, 0.25) is 0 Å². The number of amides is 1. The largest absolute Gasteiger partial charge is 0.495 e. The van der Waals surface area contributed by atoms with Gasteiger partial charge >= 0.3 is 0 Å². The molecule has 0 aliphatic carbocycles. The highest BCUT2D eigenvalue weighted by molar-refractivity contribution is 6.15. The number of rotatable bonds is 7. The van der Waals surface area contributed by atoms with Gasteiger partial charge in [-0.2, -0.15) is 0 Å². The number of nitrogens with two attached hydrogens (primary N) is 1. The zero-order valence-electron chi connectivity index (χ0n) is 16.4. The number of methoxy groups -OCH3 is 1. The van der Waals surface area contributed by atoms with E-state index in [1.165, 1.54) is 7.11 Å². The van der Waals surface area contributed by atoms with E-state index < -0.39 is 0 Å². The second-order valence-electron chi connectivity index (χ2n) is 6.53. The summed E-state index contributed by atoms with van der Waals surface area (Å²) in [5.74, 6) is 0.567. The fourth-order valence-electron chi connectivity index (χ4n) is 2.88. The Morgan fingerprint density at radius 1 is 1.21 bits per heavy atom. The Labute approximate surface area is 169 Å². The molecule has 148 valence electrons. The molecule has 2 aromatic carbocycles. The van der Waals surface area contributed by atoms with Crippen molar-refractivity contribution in [1.82, 2.24) is 5.32 Å². The Balaban J connectivity index is 1.85. The molecule has 0 atom stereocenters. The Morgan fingerprint density at radius 2 is 1.97 bits per heavy atom. The second-order valence-corrected chi connectivity index (χ2v) is 6.53. The van der Waals surface area contributed by atoms with E-state index in [1.54, 1.807) is 36.6 Å². The van der Waals surface area contributed by atoms with Crippen molar-refractivity contribution in [3.8, 4) is 5.75 Å². The Morgan fingerprint density at radius 3 is 2.62 bits per heavy atom. The maximum Gasteiger partial charge on any atom is 0.255 e. The number of aryl methyl sites for hydroxylation is 1. The van der Waals surface area contributed by atoms with Gasteiger partial charge in [0.2, 0.25) is 0 Å². The van der Waals surface area contributed by atoms with Gasteiger partial charge in [0.1, 0.15) is 11.5 Å². The first-order valence-corrected chi connectivity index (χ1v) is 9.10. The van der Waals surface area contributed by atoms with Crippen LogP contribution in [0, 0.1) is 12.3 Å². The number of anilines is 1. The highest BCUT2D eigenvalue weighted by Crippen LogP contribution is 2.30. The minimum Gasteiger partial charge on any atom is -0.495 e. The third-order valence-electron chi connectivity index (χ3n) is 4.43. The summed E-state index contributed by atoms with van der Waals surface area (Å²) in [4.78, 5) is 12.7. The van der Waals surface area contributed by atoms with Gasteiger partial charge in [0.15, 0.2) is 0 Å². The number of ether oxygens (including phenoxy) is 1. The average molecular weight is 389 g/mol. The SMILES string of the molecule is COc1c(C(=O)NCc2ccco2)ccc(N)c1C(=N)/C=C/c1ccc(C)cc1. The molecular weight excluding hydrogens is 366 g/mol. The van der Waals surface area contributed by atoms with E-state index in [0.29, 0.717) is 22.6 Å². The predicted molar refractivity (Wildman–Crippen MR) is 114 cm³/mol. The van der Waals surface area contributed by atoms with Crippen LogP contribution < -0.4 is 15.8 Å². The van der Waals surface area contributed by atoms with E-state index in [1.807, 2.05) is 37.3 Å². The maximum atomic E-state index is 12.7. The first kappa shape index (κ1) is 19.9. The molecule has 0 aliphatic heterocycles. The zero-order valence-corrected chi connectivity index (χ0v) is 16.4. The van der Waals surface area contributed by atoms with E-state index in [2.05, 4.69) is 5.32 Å². The Bertz CT molecular complexity index is 1040. The molecule has 0 unspecified atom stereocenters. The molecule has 0 bridgehead atoms. The molecular formula is C23H23N3O3. The Kier molecular flexibility index (Phi) is 6.14. The van der Waals surface area contributed by atoms with Crippen LogP contribution in [-0.2, 0) is 6.54 Å². The van der Waals surface area contributed by atoms with Gasteiger partial charge in [0.25, 0.3) is 5.91 Å². The van der Waals surface area contributed by atoms with Crippen LogP contribution in [0.25, 0.3) is 6.08 Å². The van der Waals surface area contributed by atoms with E-state index in [9.17, 15) is 4.79 Å². The van der Waals surface area contributed by atoms with E-state index in [-0.39, 0.29) is 23.9 Å². The second kappa shape index (κ2) is 8.93. The van der Waals surface area contributed by atoms with E-state index in [4.69, 9.17) is 20.3 Å². The van der Waals surface area contributed by atoms with Crippen LogP contribution in [0.4, 0.5) is 5.69 Å². The lowest BCUT2D eigenvalue weighted by Crippen LogP contribution is -2.24. The fraction of sp³-hybridized carbons (Fsp3) is 0.130. The normalized spacial score (nSPS) is 10.8. The smallest absolute Gasteiger partial charge is 0.255 e. The first-order chi connectivity index (χ1) is 14.0. The van der Waals surface area contributed by atoms with Crippen molar-refractivity contribution < 1.29 is 13.9 Å². The van der Waals surface area contributed by atoms with Crippen LogP contribution in [0.3, 0.4) is 0 Å². The minimum absolute atomic E-state index is 0.153. The molecule has 1 amide bonds. The summed E-state index contributed by atoms with van der Waals surface area (Å²) in [6.45, 7) is 2.27. The van der Waals surface area contributed by atoms with Crippen molar-refractivity contribution in [1.29, 1.82) is 5.41 Å². The highest BCUT2D eigenvalue weighted by Gasteiger charge is 2.20. The number of furan rings is 1. The minimum atomic E-state index is -0.338. The third kappa shape index (κ3) is 4.73. The zero-order chi connectivity index (χ0) is 20.8. The monoisotopic (exact) mass is 389 g/mol. The number of hydrogen-bond donors (Lipinski definition) is 3. The van der Waals surface area contributed by atoms with Crippen LogP contribution in [0.5, 0.6) is 5.75 Å². The van der Waals surface area contributed by atoms with Gasteiger partial charge in [-0.05, 0) is 42.8 Å². The fourth-order valence-corrected chi connectivity index (χ4v) is 2.88. The summed E-state index contributed by atoms with van der Waals surface area (Å²) in [7, 11) is 1.46. The molecule has 0 radical (unpaired) electrons. The summed E-state index contributed by atoms with van der Waals surface area (Å²) in [6.07, 6.45) is 5.01. The summed E-state index contributed by atoms with van der Waals surface area (Å²) in [6, 6.07) is 14.7. The molecule has 6 nitrogen and oxygen atoms in total. The number of hydrogen-bond acceptors (Lipinski definition) is 5. The van der Waals surface area contributed by atoms with Gasteiger partial charge < -0.3 is 25.6 Å². The summed E-state index contributed by atoms with van der Waals surface area (Å²) in [5, 5.41) is 11.2. The third-order valence-corrected chi connectivity index (χ3v) is 4.43. The van der Waals surface area contributed by atoms with Crippen LogP contribution >= 0.6 is 0 Å². The number of carbonyl (C=O) groups is 1. The summed E-state index contributed by atoms with van der Waals surface area (Å²) >= 11 is 0. The molecule has 3 rings (SSSR count). The molecule has 0 spiro atoms. The molecule has 0 saturated heterocycles. The van der Waals surface area contributed by atoms with Gasteiger partial charge in [-0.1, -0.05) is 35.9 Å². The van der Waals surface area contributed by atoms with Crippen molar-refractivity contribution in [3.63, 3.8) is 0 Å². The van der Waals surface area contributed by atoms with E-state index in [0.717, 1.165) is 11.1 Å². The van der Waals surface area contributed by atoms with E-state index >= 15 is 0 Å².